The highest BCUT2D eigenvalue weighted by Gasteiger charge is 2.29. The average molecular weight is 327 g/mol. The van der Waals surface area contributed by atoms with Crippen LogP contribution in [0.4, 0.5) is 16.2 Å². The number of benzene rings is 1. The number of hydrogen-bond donors (Lipinski definition) is 2. The molecule has 3 amide bonds. The summed E-state index contributed by atoms with van der Waals surface area (Å²) in [5.41, 5.74) is 4.35. The lowest BCUT2D eigenvalue weighted by atomic mass is 9.91. The molecule has 2 heterocycles. The summed E-state index contributed by atoms with van der Waals surface area (Å²) in [5.74, 6) is 0.235. The molecule has 0 spiro atoms. The Morgan fingerprint density at radius 3 is 2.54 bits per heavy atom. The van der Waals surface area contributed by atoms with Gasteiger partial charge in [-0.25, -0.2) is 4.79 Å². The van der Waals surface area contributed by atoms with Gasteiger partial charge in [-0.15, -0.1) is 0 Å². The van der Waals surface area contributed by atoms with Gasteiger partial charge in [0.05, 0.1) is 5.69 Å². The van der Waals surface area contributed by atoms with Crippen molar-refractivity contribution < 1.29 is 9.59 Å². The van der Waals surface area contributed by atoms with Gasteiger partial charge in [0, 0.05) is 24.7 Å². The Labute approximate surface area is 142 Å². The van der Waals surface area contributed by atoms with Gasteiger partial charge in [0.2, 0.25) is 5.91 Å². The van der Waals surface area contributed by atoms with Gasteiger partial charge in [0.25, 0.3) is 0 Å². The molecule has 1 aromatic carbocycles. The van der Waals surface area contributed by atoms with Crippen molar-refractivity contribution >= 4 is 23.3 Å². The molecule has 1 aromatic rings. The molecular weight excluding hydrogens is 302 g/mol. The van der Waals surface area contributed by atoms with E-state index in [1.165, 1.54) is 30.4 Å². The average Bonchev–Trinajstić information content (AvgIpc) is 2.59. The Kier molecular flexibility index (Phi) is 4.17. The minimum absolute atomic E-state index is 0.103. The van der Waals surface area contributed by atoms with Crippen LogP contribution in [0, 0.1) is 0 Å². The van der Waals surface area contributed by atoms with Crippen LogP contribution in [0.5, 0.6) is 0 Å². The normalized spacial score (nSPS) is 20.5. The molecule has 2 N–H and O–H groups in total. The highest BCUT2D eigenvalue weighted by molar-refractivity contribution is 5.99. The molecule has 5 heteroatoms. The fourth-order valence-corrected chi connectivity index (χ4v) is 4.32. The number of aryl methyl sites for hydroxylation is 2. The van der Waals surface area contributed by atoms with Crippen molar-refractivity contribution in [3.63, 3.8) is 0 Å². The fraction of sp³-hybridized carbons (Fsp3) is 0.579. The lowest BCUT2D eigenvalue weighted by Crippen LogP contribution is -2.40. The summed E-state index contributed by atoms with van der Waals surface area (Å²) >= 11 is 0. The standard InChI is InChI=1S/C19H25N3O2/c23-17-9-8-14-12-16(11-13-5-4-10-22(17)18(13)14)21-19(24)20-15-6-2-1-3-7-15/h11-12,15H,1-10H2,(H2,20,21,24). The molecule has 1 fully saturated rings. The number of carbonyl (C=O) groups excluding carboxylic acids is 2. The third-order valence-corrected chi connectivity index (χ3v) is 5.47. The fourth-order valence-electron chi connectivity index (χ4n) is 4.32. The second-order valence-corrected chi connectivity index (χ2v) is 7.23. The van der Waals surface area contributed by atoms with Crippen LogP contribution in [0.1, 0.15) is 56.1 Å². The predicted octanol–water partition coefficient (Wildman–Crippen LogP) is 3.37. The van der Waals surface area contributed by atoms with Gasteiger partial charge in [-0.1, -0.05) is 19.3 Å². The highest BCUT2D eigenvalue weighted by atomic mass is 16.2. The van der Waals surface area contributed by atoms with E-state index in [0.717, 1.165) is 50.0 Å². The van der Waals surface area contributed by atoms with Crippen molar-refractivity contribution in [3.05, 3.63) is 23.3 Å². The van der Waals surface area contributed by atoms with E-state index in [2.05, 4.69) is 10.6 Å². The van der Waals surface area contributed by atoms with Crippen LogP contribution >= 0.6 is 0 Å². The van der Waals surface area contributed by atoms with Crippen LogP contribution < -0.4 is 15.5 Å². The number of nitrogens with one attached hydrogen (secondary N) is 2. The Hall–Kier alpha value is -2.04. The number of carbonyl (C=O) groups is 2. The summed E-state index contributed by atoms with van der Waals surface area (Å²) < 4.78 is 0. The molecular formula is C19H25N3O2. The van der Waals surface area contributed by atoms with E-state index in [1.807, 2.05) is 17.0 Å². The van der Waals surface area contributed by atoms with E-state index in [9.17, 15) is 9.59 Å². The summed E-state index contributed by atoms with van der Waals surface area (Å²) in [6.07, 6.45) is 9.18. The van der Waals surface area contributed by atoms with Crippen LogP contribution in [0.2, 0.25) is 0 Å². The summed E-state index contributed by atoms with van der Waals surface area (Å²) in [4.78, 5) is 26.3. The topological polar surface area (TPSA) is 61.4 Å². The minimum Gasteiger partial charge on any atom is -0.335 e. The van der Waals surface area contributed by atoms with Gasteiger partial charge in [-0.2, -0.15) is 0 Å². The zero-order valence-corrected chi connectivity index (χ0v) is 14.1. The highest BCUT2D eigenvalue weighted by Crippen LogP contribution is 2.37. The lowest BCUT2D eigenvalue weighted by molar-refractivity contribution is -0.119. The first-order valence-electron chi connectivity index (χ1n) is 9.24. The van der Waals surface area contributed by atoms with E-state index < -0.39 is 0 Å². The van der Waals surface area contributed by atoms with Crippen molar-refractivity contribution in [2.75, 3.05) is 16.8 Å². The molecule has 0 saturated heterocycles. The third-order valence-electron chi connectivity index (χ3n) is 5.47. The summed E-state index contributed by atoms with van der Waals surface area (Å²) in [7, 11) is 0. The van der Waals surface area contributed by atoms with Crippen LogP contribution in [-0.4, -0.2) is 24.5 Å². The van der Waals surface area contributed by atoms with Gasteiger partial charge in [0.15, 0.2) is 0 Å². The predicted molar refractivity (Wildman–Crippen MR) is 94.5 cm³/mol. The first-order chi connectivity index (χ1) is 11.7. The Morgan fingerprint density at radius 1 is 1.00 bits per heavy atom. The molecule has 24 heavy (non-hydrogen) atoms. The molecule has 0 bridgehead atoms. The maximum Gasteiger partial charge on any atom is 0.319 e. The molecule has 0 radical (unpaired) electrons. The number of nitrogens with zero attached hydrogens (tertiary/aromatic N) is 1. The lowest BCUT2D eigenvalue weighted by Gasteiger charge is -2.35. The van der Waals surface area contributed by atoms with E-state index in [4.69, 9.17) is 0 Å². The van der Waals surface area contributed by atoms with Crippen molar-refractivity contribution in [2.24, 2.45) is 0 Å². The molecule has 0 aromatic heterocycles. The number of hydrogen-bond acceptors (Lipinski definition) is 2. The number of rotatable bonds is 2. The maximum absolute atomic E-state index is 12.3. The van der Waals surface area contributed by atoms with Crippen LogP contribution in [-0.2, 0) is 17.6 Å². The van der Waals surface area contributed by atoms with Gasteiger partial charge < -0.3 is 15.5 Å². The van der Waals surface area contributed by atoms with Crippen LogP contribution in [0.3, 0.4) is 0 Å². The number of amides is 3. The molecule has 1 aliphatic carbocycles. The third kappa shape index (κ3) is 2.99. The Bertz CT molecular complexity index is 648. The summed E-state index contributed by atoms with van der Waals surface area (Å²) in [6.45, 7) is 0.827. The maximum atomic E-state index is 12.3. The van der Waals surface area contributed by atoms with Crippen molar-refractivity contribution in [3.8, 4) is 0 Å². The first-order valence-corrected chi connectivity index (χ1v) is 9.24. The SMILES string of the molecule is O=C(Nc1cc2c3c(c1)CCC(=O)N3CCC2)NC1CCCCC1. The molecule has 1 saturated carbocycles. The smallest absolute Gasteiger partial charge is 0.319 e. The van der Waals surface area contributed by atoms with Gasteiger partial charge in [-0.05, 0) is 55.4 Å². The molecule has 5 nitrogen and oxygen atoms in total. The van der Waals surface area contributed by atoms with Crippen molar-refractivity contribution in [1.29, 1.82) is 0 Å². The zero-order chi connectivity index (χ0) is 16.5. The molecule has 0 atom stereocenters. The Morgan fingerprint density at radius 2 is 1.75 bits per heavy atom. The zero-order valence-electron chi connectivity index (χ0n) is 14.1. The van der Waals surface area contributed by atoms with Gasteiger partial charge in [0.1, 0.15) is 0 Å². The second kappa shape index (κ2) is 6.46. The quantitative estimate of drug-likeness (QED) is 0.875. The van der Waals surface area contributed by atoms with Gasteiger partial charge >= 0.3 is 6.03 Å². The summed E-state index contributed by atoms with van der Waals surface area (Å²) in [5, 5.41) is 6.11. The monoisotopic (exact) mass is 327 g/mol. The molecule has 3 aliphatic rings. The number of anilines is 2. The Balaban J connectivity index is 1.50. The van der Waals surface area contributed by atoms with E-state index >= 15 is 0 Å². The first kappa shape index (κ1) is 15.5. The van der Waals surface area contributed by atoms with Crippen molar-refractivity contribution in [2.45, 2.75) is 63.8 Å². The second-order valence-electron chi connectivity index (χ2n) is 7.23. The van der Waals surface area contributed by atoms with Gasteiger partial charge in [-0.3, -0.25) is 4.79 Å². The number of urea groups is 1. The molecule has 0 unspecified atom stereocenters. The van der Waals surface area contributed by atoms with E-state index in [1.54, 1.807) is 0 Å². The van der Waals surface area contributed by atoms with E-state index in [-0.39, 0.29) is 11.9 Å². The van der Waals surface area contributed by atoms with Crippen LogP contribution in [0.25, 0.3) is 0 Å². The summed E-state index contributed by atoms with van der Waals surface area (Å²) in [6, 6.07) is 4.30. The molecule has 4 rings (SSSR count). The van der Waals surface area contributed by atoms with Crippen molar-refractivity contribution in [1.82, 2.24) is 5.32 Å². The van der Waals surface area contributed by atoms with E-state index in [0.29, 0.717) is 12.5 Å². The molecule has 2 aliphatic heterocycles. The van der Waals surface area contributed by atoms with Crippen LogP contribution in [0.15, 0.2) is 12.1 Å². The largest absolute Gasteiger partial charge is 0.335 e. The molecule has 128 valence electrons. The minimum atomic E-state index is -0.103.